The second kappa shape index (κ2) is 8.68. The van der Waals surface area contributed by atoms with E-state index in [-0.39, 0.29) is 10.8 Å². The molecule has 0 unspecified atom stereocenters. The molecular weight excluding hydrogens is 417 g/mol. The van der Waals surface area contributed by atoms with Crippen LogP contribution in [0.5, 0.6) is 0 Å². The number of piperidine rings is 1. The largest absolute Gasteiger partial charge is 0.324 e. The summed E-state index contributed by atoms with van der Waals surface area (Å²) in [5, 5.41) is 3.19. The highest BCUT2D eigenvalue weighted by Crippen LogP contribution is 2.32. The molecule has 4 rings (SSSR count). The van der Waals surface area contributed by atoms with E-state index in [0.717, 1.165) is 17.1 Å². The van der Waals surface area contributed by atoms with Crippen LogP contribution in [0.15, 0.2) is 53.7 Å². The number of pyridine rings is 1. The molecule has 9 heteroatoms. The van der Waals surface area contributed by atoms with Crippen molar-refractivity contribution in [2.45, 2.75) is 37.5 Å². The molecule has 0 amide bonds. The summed E-state index contributed by atoms with van der Waals surface area (Å²) >= 11 is 0. The Hall–Kier alpha value is -2.91. The van der Waals surface area contributed by atoms with E-state index in [0.29, 0.717) is 37.4 Å². The fraction of sp³-hybridized carbons (Fsp3) is 0.318. The molecule has 0 aliphatic carbocycles. The molecule has 3 heterocycles. The molecule has 0 saturated carbocycles. The molecular formula is C22H24FN5O2S. The van der Waals surface area contributed by atoms with Gasteiger partial charge in [-0.05, 0) is 68.7 Å². The van der Waals surface area contributed by atoms with Crippen LogP contribution in [0.4, 0.5) is 16.0 Å². The van der Waals surface area contributed by atoms with Crippen molar-refractivity contribution in [1.82, 2.24) is 19.3 Å². The molecule has 0 atom stereocenters. The Kier molecular flexibility index (Phi) is 5.97. The smallest absolute Gasteiger partial charge is 0.243 e. The topological polar surface area (TPSA) is 88.1 Å². The standard InChI is InChI=1S/C22H24FN5O2S/c1-15-12-19(4-5-20(15)23)31(29,30)28-10-6-17(7-11-28)21-14-18(13-16(2)26-21)27-22-24-8-3-9-25-22/h3-5,8-9,12-14,17H,6-7,10-11H2,1-2H3,(H,24,25,26,27). The van der Waals surface area contributed by atoms with Crippen LogP contribution >= 0.6 is 0 Å². The molecule has 0 radical (unpaired) electrons. The normalized spacial score (nSPS) is 15.7. The molecule has 1 aliphatic rings. The van der Waals surface area contributed by atoms with Crippen LogP contribution in [0.25, 0.3) is 0 Å². The second-order valence-electron chi connectivity index (χ2n) is 7.71. The van der Waals surface area contributed by atoms with Crippen LogP contribution in [0, 0.1) is 19.7 Å². The molecule has 7 nitrogen and oxygen atoms in total. The molecule has 1 aliphatic heterocycles. The molecule has 0 spiro atoms. The SMILES string of the molecule is Cc1cc(Nc2ncccn2)cc(C2CCN(S(=O)(=O)c3ccc(F)c(C)c3)CC2)n1. The average molecular weight is 442 g/mol. The summed E-state index contributed by atoms with van der Waals surface area (Å²) in [7, 11) is -3.65. The van der Waals surface area contributed by atoms with E-state index in [9.17, 15) is 12.8 Å². The van der Waals surface area contributed by atoms with Crippen LogP contribution in [0.2, 0.25) is 0 Å². The van der Waals surface area contributed by atoms with Gasteiger partial charge in [0, 0.05) is 48.5 Å². The van der Waals surface area contributed by atoms with Gasteiger partial charge in [-0.1, -0.05) is 0 Å². The van der Waals surface area contributed by atoms with Crippen molar-refractivity contribution in [3.8, 4) is 0 Å². The van der Waals surface area contributed by atoms with Gasteiger partial charge in [-0.15, -0.1) is 0 Å². The summed E-state index contributed by atoms with van der Waals surface area (Å²) in [4.78, 5) is 13.2. The van der Waals surface area contributed by atoms with Crippen molar-refractivity contribution in [3.05, 3.63) is 71.6 Å². The summed E-state index contributed by atoms with van der Waals surface area (Å²) in [6.07, 6.45) is 4.67. The molecule has 31 heavy (non-hydrogen) atoms. The molecule has 2 aromatic heterocycles. The van der Waals surface area contributed by atoms with Crippen molar-refractivity contribution >= 4 is 21.7 Å². The van der Waals surface area contributed by atoms with E-state index in [1.54, 1.807) is 25.4 Å². The van der Waals surface area contributed by atoms with Gasteiger partial charge < -0.3 is 5.32 Å². The number of hydrogen-bond acceptors (Lipinski definition) is 6. The van der Waals surface area contributed by atoms with Crippen molar-refractivity contribution in [2.24, 2.45) is 0 Å². The van der Waals surface area contributed by atoms with Gasteiger partial charge in [-0.3, -0.25) is 4.98 Å². The highest BCUT2D eigenvalue weighted by molar-refractivity contribution is 7.89. The fourth-order valence-electron chi connectivity index (χ4n) is 3.79. The molecule has 0 bridgehead atoms. The summed E-state index contributed by atoms with van der Waals surface area (Å²) in [6, 6.07) is 9.58. The quantitative estimate of drug-likeness (QED) is 0.645. The van der Waals surface area contributed by atoms with Gasteiger partial charge in [0.1, 0.15) is 5.82 Å². The number of anilines is 2. The highest BCUT2D eigenvalue weighted by Gasteiger charge is 2.31. The maximum absolute atomic E-state index is 13.5. The lowest BCUT2D eigenvalue weighted by atomic mass is 9.93. The number of aromatic nitrogens is 3. The molecule has 1 N–H and O–H groups in total. The Balaban J connectivity index is 1.48. The highest BCUT2D eigenvalue weighted by atomic mass is 32.2. The first-order valence-corrected chi connectivity index (χ1v) is 11.6. The lowest BCUT2D eigenvalue weighted by Crippen LogP contribution is -2.38. The predicted octanol–water partition coefficient (Wildman–Crippen LogP) is 3.94. The maximum Gasteiger partial charge on any atom is 0.243 e. The Morgan fingerprint density at radius 2 is 1.77 bits per heavy atom. The van der Waals surface area contributed by atoms with Gasteiger partial charge in [0.25, 0.3) is 0 Å². The minimum absolute atomic E-state index is 0.132. The first-order valence-electron chi connectivity index (χ1n) is 10.1. The number of sulfonamides is 1. The van der Waals surface area contributed by atoms with E-state index < -0.39 is 15.8 Å². The van der Waals surface area contributed by atoms with Gasteiger partial charge in [-0.25, -0.2) is 22.8 Å². The van der Waals surface area contributed by atoms with E-state index in [1.807, 2.05) is 19.1 Å². The van der Waals surface area contributed by atoms with E-state index in [4.69, 9.17) is 0 Å². The van der Waals surface area contributed by atoms with Crippen LogP contribution < -0.4 is 5.32 Å². The summed E-state index contributed by atoms with van der Waals surface area (Å²) in [6.45, 7) is 4.28. The number of halogens is 1. The third-order valence-electron chi connectivity index (χ3n) is 5.43. The predicted molar refractivity (Wildman–Crippen MR) is 116 cm³/mol. The Morgan fingerprint density at radius 3 is 2.45 bits per heavy atom. The first kappa shape index (κ1) is 21.3. The lowest BCUT2D eigenvalue weighted by molar-refractivity contribution is 0.316. The zero-order valence-corrected chi connectivity index (χ0v) is 18.2. The number of nitrogens with zero attached hydrogens (tertiary/aromatic N) is 4. The number of hydrogen-bond donors (Lipinski definition) is 1. The molecule has 1 saturated heterocycles. The summed E-state index contributed by atoms with van der Waals surface area (Å²) in [5.41, 5.74) is 2.97. The van der Waals surface area contributed by atoms with E-state index in [1.165, 1.54) is 22.5 Å². The monoisotopic (exact) mass is 441 g/mol. The van der Waals surface area contributed by atoms with Gasteiger partial charge in [0.05, 0.1) is 4.90 Å². The zero-order chi connectivity index (χ0) is 22.0. The average Bonchev–Trinajstić information content (AvgIpc) is 2.76. The van der Waals surface area contributed by atoms with Gasteiger partial charge in [0.2, 0.25) is 16.0 Å². The fourth-order valence-corrected chi connectivity index (χ4v) is 5.34. The van der Waals surface area contributed by atoms with Crippen molar-refractivity contribution in [3.63, 3.8) is 0 Å². The van der Waals surface area contributed by atoms with E-state index in [2.05, 4.69) is 20.3 Å². The van der Waals surface area contributed by atoms with Gasteiger partial charge in [-0.2, -0.15) is 4.31 Å². The third-order valence-corrected chi connectivity index (χ3v) is 7.33. The zero-order valence-electron chi connectivity index (χ0n) is 17.4. The molecule has 162 valence electrons. The Morgan fingerprint density at radius 1 is 1.06 bits per heavy atom. The van der Waals surface area contributed by atoms with Crippen LogP contribution in [0.3, 0.4) is 0 Å². The molecule has 1 fully saturated rings. The summed E-state index contributed by atoms with van der Waals surface area (Å²) in [5.74, 6) is 0.251. The Labute approximate surface area is 181 Å². The minimum atomic E-state index is -3.65. The van der Waals surface area contributed by atoms with Crippen LogP contribution in [0.1, 0.15) is 35.7 Å². The molecule has 1 aromatic carbocycles. The third kappa shape index (κ3) is 4.72. The Bertz CT molecular complexity index is 1180. The van der Waals surface area contributed by atoms with Crippen molar-refractivity contribution < 1.29 is 12.8 Å². The van der Waals surface area contributed by atoms with Crippen molar-refractivity contribution in [2.75, 3.05) is 18.4 Å². The van der Waals surface area contributed by atoms with Gasteiger partial charge in [0.15, 0.2) is 0 Å². The second-order valence-corrected chi connectivity index (χ2v) is 9.65. The van der Waals surface area contributed by atoms with Crippen molar-refractivity contribution in [1.29, 1.82) is 0 Å². The van der Waals surface area contributed by atoms with Gasteiger partial charge >= 0.3 is 0 Å². The number of nitrogens with one attached hydrogen (secondary N) is 1. The number of benzene rings is 1. The van der Waals surface area contributed by atoms with Crippen LogP contribution in [-0.4, -0.2) is 40.8 Å². The minimum Gasteiger partial charge on any atom is -0.324 e. The molecule has 3 aromatic rings. The first-order chi connectivity index (χ1) is 14.8. The maximum atomic E-state index is 13.5. The van der Waals surface area contributed by atoms with E-state index >= 15 is 0 Å². The number of aryl methyl sites for hydroxylation is 2. The number of rotatable bonds is 5. The van der Waals surface area contributed by atoms with Crippen LogP contribution in [-0.2, 0) is 10.0 Å². The summed E-state index contributed by atoms with van der Waals surface area (Å²) < 4.78 is 41.0. The lowest BCUT2D eigenvalue weighted by Gasteiger charge is -2.31.